The zero-order chi connectivity index (χ0) is 20.3. The first-order valence-corrected chi connectivity index (χ1v) is 9.38. The molecule has 1 amide bonds. The van der Waals surface area contributed by atoms with Crippen molar-refractivity contribution in [2.24, 2.45) is 5.10 Å². The Kier molecular flexibility index (Phi) is 6.09. The number of amides is 1. The van der Waals surface area contributed by atoms with Gasteiger partial charge in [0.2, 0.25) is 0 Å². The van der Waals surface area contributed by atoms with Gasteiger partial charge in [-0.3, -0.25) is 9.69 Å². The summed E-state index contributed by atoms with van der Waals surface area (Å²) >= 11 is 0. The largest absolute Gasteiger partial charge is 0.497 e. The maximum Gasteiger partial charge on any atom is 0.257 e. The van der Waals surface area contributed by atoms with Crippen LogP contribution in [0.5, 0.6) is 5.75 Å². The average Bonchev–Trinajstić information content (AvgIpc) is 3.14. The summed E-state index contributed by atoms with van der Waals surface area (Å²) in [6.07, 6.45) is 0.565. The monoisotopic (exact) mass is 383 g/mol. The summed E-state index contributed by atoms with van der Waals surface area (Å²) in [4.78, 5) is 15.0. The van der Waals surface area contributed by atoms with Crippen LogP contribution in [-0.2, 0) is 4.79 Å². The summed E-state index contributed by atoms with van der Waals surface area (Å²) in [7, 11) is 3.53. The van der Waals surface area contributed by atoms with Crippen LogP contribution in [0.4, 0.5) is 4.39 Å². The highest BCUT2D eigenvalue weighted by molar-refractivity contribution is 6.03. The van der Waals surface area contributed by atoms with Gasteiger partial charge in [0.15, 0.2) is 0 Å². The molecule has 5 nitrogen and oxygen atoms in total. The zero-order valence-electron chi connectivity index (χ0n) is 16.7. The van der Waals surface area contributed by atoms with Gasteiger partial charge in [0.1, 0.15) is 11.6 Å². The van der Waals surface area contributed by atoms with Crippen LogP contribution in [0, 0.1) is 5.82 Å². The van der Waals surface area contributed by atoms with Crippen molar-refractivity contribution in [3.05, 3.63) is 65.5 Å². The number of ether oxygens (including phenoxy) is 1. The van der Waals surface area contributed by atoms with Crippen LogP contribution >= 0.6 is 0 Å². The van der Waals surface area contributed by atoms with E-state index >= 15 is 0 Å². The molecule has 0 saturated heterocycles. The SMILES string of the molecule is COc1cccc(C2=NN(C(=O)CN(C)C(C)C)C(c3ccc(F)cc3)C2)c1. The van der Waals surface area contributed by atoms with E-state index in [0.29, 0.717) is 6.42 Å². The van der Waals surface area contributed by atoms with Gasteiger partial charge in [-0.1, -0.05) is 24.3 Å². The molecule has 1 aliphatic heterocycles. The van der Waals surface area contributed by atoms with E-state index in [1.807, 2.05) is 50.1 Å². The van der Waals surface area contributed by atoms with Crippen molar-refractivity contribution < 1.29 is 13.9 Å². The predicted molar refractivity (Wildman–Crippen MR) is 108 cm³/mol. The Morgan fingerprint density at radius 3 is 2.64 bits per heavy atom. The number of carbonyl (C=O) groups is 1. The van der Waals surface area contributed by atoms with Crippen LogP contribution < -0.4 is 4.74 Å². The van der Waals surface area contributed by atoms with Crippen molar-refractivity contribution in [1.29, 1.82) is 0 Å². The molecule has 28 heavy (non-hydrogen) atoms. The fourth-order valence-corrected chi connectivity index (χ4v) is 3.13. The Bertz CT molecular complexity index is 864. The van der Waals surface area contributed by atoms with Crippen LogP contribution in [0.3, 0.4) is 0 Å². The van der Waals surface area contributed by atoms with Gasteiger partial charge in [-0.05, 0) is 50.7 Å². The lowest BCUT2D eigenvalue weighted by atomic mass is 9.98. The Morgan fingerprint density at radius 2 is 2.00 bits per heavy atom. The number of halogens is 1. The van der Waals surface area contributed by atoms with Crippen LogP contribution in [0.25, 0.3) is 0 Å². The molecule has 0 fully saturated rings. The third kappa shape index (κ3) is 4.39. The first-order chi connectivity index (χ1) is 13.4. The standard InChI is InChI=1S/C22H26FN3O2/c1-15(2)25(3)14-22(27)26-21(16-8-10-18(23)11-9-16)13-20(24-26)17-6-5-7-19(12-17)28-4/h5-12,15,21H,13-14H2,1-4H3. The Hall–Kier alpha value is -2.73. The van der Waals surface area contributed by atoms with Crippen molar-refractivity contribution in [1.82, 2.24) is 9.91 Å². The summed E-state index contributed by atoms with van der Waals surface area (Å²) in [6.45, 7) is 4.35. The summed E-state index contributed by atoms with van der Waals surface area (Å²) in [5.74, 6) is 0.361. The number of benzene rings is 2. The number of rotatable bonds is 6. The molecule has 0 saturated carbocycles. The van der Waals surface area contributed by atoms with E-state index in [2.05, 4.69) is 5.10 Å². The van der Waals surface area contributed by atoms with Crippen LogP contribution in [0.2, 0.25) is 0 Å². The molecule has 1 aliphatic rings. The van der Waals surface area contributed by atoms with E-state index in [9.17, 15) is 9.18 Å². The number of methoxy groups -OCH3 is 1. The van der Waals surface area contributed by atoms with Gasteiger partial charge in [-0.25, -0.2) is 9.40 Å². The number of hydrogen-bond donors (Lipinski definition) is 0. The van der Waals surface area contributed by atoms with Gasteiger partial charge in [-0.2, -0.15) is 5.10 Å². The lowest BCUT2D eigenvalue weighted by Gasteiger charge is -2.26. The minimum absolute atomic E-state index is 0.0802. The summed E-state index contributed by atoms with van der Waals surface area (Å²) < 4.78 is 18.7. The molecule has 3 rings (SSSR count). The summed E-state index contributed by atoms with van der Waals surface area (Å²) in [5.41, 5.74) is 2.59. The smallest absolute Gasteiger partial charge is 0.257 e. The zero-order valence-corrected chi connectivity index (χ0v) is 16.7. The highest BCUT2D eigenvalue weighted by Gasteiger charge is 2.33. The first kappa shape index (κ1) is 20.0. The van der Waals surface area contributed by atoms with Crippen LogP contribution in [0.15, 0.2) is 53.6 Å². The molecular weight excluding hydrogens is 357 g/mol. The number of likely N-dealkylation sites (N-methyl/N-ethyl adjacent to an activating group) is 1. The Labute approximate surface area is 165 Å². The Balaban J connectivity index is 1.92. The molecule has 2 aromatic rings. The number of carbonyl (C=O) groups excluding carboxylic acids is 1. The number of hydrazone groups is 1. The molecule has 0 aliphatic carbocycles. The van der Waals surface area contributed by atoms with Gasteiger partial charge in [0, 0.05) is 18.0 Å². The van der Waals surface area contributed by atoms with Crippen molar-refractivity contribution in [3.63, 3.8) is 0 Å². The number of nitrogens with zero attached hydrogens (tertiary/aromatic N) is 3. The van der Waals surface area contributed by atoms with Crippen molar-refractivity contribution in [3.8, 4) is 5.75 Å². The predicted octanol–water partition coefficient (Wildman–Crippen LogP) is 3.85. The van der Waals surface area contributed by atoms with Gasteiger partial charge in [-0.15, -0.1) is 0 Å². The second-order valence-electron chi connectivity index (χ2n) is 7.30. The summed E-state index contributed by atoms with van der Waals surface area (Å²) in [5, 5.41) is 6.19. The van der Waals surface area contributed by atoms with Gasteiger partial charge in [0.05, 0.1) is 25.4 Å². The topological polar surface area (TPSA) is 45.1 Å². The highest BCUT2D eigenvalue weighted by Crippen LogP contribution is 2.33. The third-order valence-corrected chi connectivity index (χ3v) is 5.09. The van der Waals surface area contributed by atoms with E-state index in [4.69, 9.17) is 4.74 Å². The van der Waals surface area contributed by atoms with E-state index in [1.54, 1.807) is 24.3 Å². The molecule has 0 spiro atoms. The normalized spacial score (nSPS) is 16.6. The van der Waals surface area contributed by atoms with Gasteiger partial charge >= 0.3 is 0 Å². The fourth-order valence-electron chi connectivity index (χ4n) is 3.13. The molecule has 1 unspecified atom stereocenters. The second kappa shape index (κ2) is 8.52. The lowest BCUT2D eigenvalue weighted by molar-refractivity contribution is -0.134. The average molecular weight is 383 g/mol. The minimum Gasteiger partial charge on any atom is -0.497 e. The van der Waals surface area contributed by atoms with Gasteiger partial charge < -0.3 is 4.74 Å². The van der Waals surface area contributed by atoms with E-state index in [1.165, 1.54) is 12.1 Å². The molecule has 148 valence electrons. The summed E-state index contributed by atoms with van der Waals surface area (Å²) in [6, 6.07) is 13.9. The first-order valence-electron chi connectivity index (χ1n) is 9.38. The molecule has 0 N–H and O–H groups in total. The van der Waals surface area contributed by atoms with Crippen molar-refractivity contribution in [2.75, 3.05) is 20.7 Å². The fraction of sp³-hybridized carbons (Fsp3) is 0.364. The molecule has 2 aromatic carbocycles. The van der Waals surface area contributed by atoms with Crippen molar-refractivity contribution >= 4 is 11.6 Å². The highest BCUT2D eigenvalue weighted by atomic mass is 19.1. The third-order valence-electron chi connectivity index (χ3n) is 5.09. The Morgan fingerprint density at radius 1 is 1.29 bits per heavy atom. The molecule has 1 heterocycles. The maximum atomic E-state index is 13.4. The minimum atomic E-state index is -0.298. The van der Waals surface area contributed by atoms with Gasteiger partial charge in [0.25, 0.3) is 5.91 Å². The quantitative estimate of drug-likeness (QED) is 0.761. The van der Waals surface area contributed by atoms with Crippen molar-refractivity contribution in [2.45, 2.75) is 32.4 Å². The molecular formula is C22H26FN3O2. The molecule has 1 atom stereocenters. The van der Waals surface area contributed by atoms with E-state index in [0.717, 1.165) is 22.6 Å². The number of hydrogen-bond acceptors (Lipinski definition) is 4. The molecule has 0 aromatic heterocycles. The molecule has 6 heteroatoms. The van der Waals surface area contributed by atoms with Crippen LogP contribution in [0.1, 0.15) is 37.4 Å². The van der Waals surface area contributed by atoms with E-state index < -0.39 is 0 Å². The maximum absolute atomic E-state index is 13.4. The lowest BCUT2D eigenvalue weighted by Crippen LogP contribution is -2.39. The van der Waals surface area contributed by atoms with E-state index in [-0.39, 0.29) is 30.4 Å². The molecule has 0 bridgehead atoms. The second-order valence-corrected chi connectivity index (χ2v) is 7.30. The van der Waals surface area contributed by atoms with Crippen LogP contribution in [-0.4, -0.2) is 48.3 Å². The molecule has 0 radical (unpaired) electrons.